The molecule has 5 heteroatoms. The number of benzene rings is 1. The molecular weight excluding hydrogens is 250 g/mol. The van der Waals surface area contributed by atoms with Crippen LogP contribution in [0.2, 0.25) is 0 Å². The molecule has 0 unspecified atom stereocenters. The van der Waals surface area contributed by atoms with Crippen LogP contribution in [0.5, 0.6) is 0 Å². The molecule has 2 heterocycles. The van der Waals surface area contributed by atoms with Gasteiger partial charge in [0.1, 0.15) is 11.8 Å². The minimum absolute atomic E-state index is 0.293. The fraction of sp³-hybridized carbons (Fsp3) is 0.0667. The van der Waals surface area contributed by atoms with E-state index >= 15 is 0 Å². The second-order valence-corrected chi connectivity index (χ2v) is 4.34. The molecule has 0 atom stereocenters. The third-order valence-electron chi connectivity index (χ3n) is 3.05. The average Bonchev–Trinajstić information content (AvgIpc) is 2.92. The number of aryl methyl sites for hydroxylation is 1. The number of aromatic nitrogens is 4. The van der Waals surface area contributed by atoms with Gasteiger partial charge in [-0.2, -0.15) is 5.26 Å². The summed E-state index contributed by atoms with van der Waals surface area (Å²) < 4.78 is 1.69. The van der Waals surface area contributed by atoms with Crippen LogP contribution in [-0.4, -0.2) is 20.0 Å². The highest BCUT2D eigenvalue weighted by Gasteiger charge is 2.16. The minimum atomic E-state index is 0.293. The van der Waals surface area contributed by atoms with Crippen molar-refractivity contribution in [3.05, 3.63) is 60.0 Å². The Balaban J connectivity index is 2.27. The zero-order valence-corrected chi connectivity index (χ0v) is 10.9. The summed E-state index contributed by atoms with van der Waals surface area (Å²) in [7, 11) is 0. The Hall–Kier alpha value is -3.00. The first kappa shape index (κ1) is 12.1. The molecule has 0 aliphatic heterocycles. The van der Waals surface area contributed by atoms with Crippen molar-refractivity contribution >= 4 is 0 Å². The predicted octanol–water partition coefficient (Wildman–Crippen LogP) is 2.51. The molecule has 0 amide bonds. The summed E-state index contributed by atoms with van der Waals surface area (Å²) in [4.78, 5) is 4.09. The summed E-state index contributed by atoms with van der Waals surface area (Å²) in [5.74, 6) is 0. The van der Waals surface area contributed by atoms with Gasteiger partial charge in [0.15, 0.2) is 5.69 Å². The molecule has 0 saturated heterocycles. The molecule has 2 aromatic heterocycles. The molecule has 20 heavy (non-hydrogen) atoms. The van der Waals surface area contributed by atoms with Crippen molar-refractivity contribution in [1.82, 2.24) is 20.0 Å². The van der Waals surface area contributed by atoms with E-state index in [0.29, 0.717) is 11.4 Å². The van der Waals surface area contributed by atoms with Crippen LogP contribution in [-0.2, 0) is 0 Å². The molecule has 96 valence electrons. The van der Waals surface area contributed by atoms with Gasteiger partial charge in [0.25, 0.3) is 0 Å². The lowest BCUT2D eigenvalue weighted by atomic mass is 10.1. The maximum absolute atomic E-state index is 9.22. The Morgan fingerprint density at radius 1 is 1.15 bits per heavy atom. The van der Waals surface area contributed by atoms with Crippen LogP contribution in [0.1, 0.15) is 11.3 Å². The predicted molar refractivity (Wildman–Crippen MR) is 74.0 cm³/mol. The Bertz CT molecular complexity index is 784. The van der Waals surface area contributed by atoms with Crippen LogP contribution >= 0.6 is 0 Å². The number of para-hydroxylation sites is 1. The number of rotatable bonds is 2. The quantitative estimate of drug-likeness (QED) is 0.710. The summed E-state index contributed by atoms with van der Waals surface area (Å²) in [5, 5.41) is 17.3. The highest BCUT2D eigenvalue weighted by molar-refractivity contribution is 5.66. The van der Waals surface area contributed by atoms with Crippen molar-refractivity contribution in [3.8, 4) is 23.0 Å². The third-order valence-corrected chi connectivity index (χ3v) is 3.05. The van der Waals surface area contributed by atoms with Crippen molar-refractivity contribution in [2.45, 2.75) is 6.92 Å². The summed E-state index contributed by atoms with van der Waals surface area (Å²) in [6, 6.07) is 13.6. The van der Waals surface area contributed by atoms with Crippen molar-refractivity contribution in [3.63, 3.8) is 0 Å². The smallest absolute Gasteiger partial charge is 0.191 e. The van der Waals surface area contributed by atoms with Gasteiger partial charge in [-0.15, -0.1) is 5.10 Å². The van der Waals surface area contributed by atoms with Crippen molar-refractivity contribution in [1.29, 1.82) is 5.26 Å². The Morgan fingerprint density at radius 3 is 2.70 bits per heavy atom. The molecule has 0 spiro atoms. The number of nitrogens with zero attached hydrogens (tertiary/aromatic N) is 5. The second kappa shape index (κ2) is 4.94. The van der Waals surface area contributed by atoms with Crippen LogP contribution < -0.4 is 0 Å². The molecule has 0 N–H and O–H groups in total. The van der Waals surface area contributed by atoms with Crippen LogP contribution in [0.4, 0.5) is 0 Å². The van der Waals surface area contributed by atoms with Gasteiger partial charge in [0.2, 0.25) is 0 Å². The zero-order valence-electron chi connectivity index (χ0n) is 10.9. The standard InChI is InChI=1S/C15H11N5/c1-11-5-2-3-7-14(11)20-15(13(9-16)18-19-20)12-6-4-8-17-10-12/h2-8,10H,1H3. The maximum atomic E-state index is 9.22. The molecule has 0 fully saturated rings. The first-order chi connectivity index (χ1) is 9.81. The average molecular weight is 261 g/mol. The van der Waals surface area contributed by atoms with Gasteiger partial charge in [0.05, 0.1) is 5.69 Å². The molecular formula is C15H11N5. The van der Waals surface area contributed by atoms with E-state index in [-0.39, 0.29) is 0 Å². The van der Waals surface area contributed by atoms with E-state index in [1.807, 2.05) is 43.3 Å². The first-order valence-electron chi connectivity index (χ1n) is 6.13. The largest absolute Gasteiger partial charge is 0.264 e. The number of hydrogen-bond acceptors (Lipinski definition) is 4. The normalized spacial score (nSPS) is 10.2. The van der Waals surface area contributed by atoms with Crippen molar-refractivity contribution in [2.24, 2.45) is 0 Å². The number of pyridine rings is 1. The summed E-state index contributed by atoms with van der Waals surface area (Å²) in [5.41, 5.74) is 3.74. The zero-order chi connectivity index (χ0) is 13.9. The van der Waals surface area contributed by atoms with Gasteiger partial charge in [-0.05, 0) is 30.7 Å². The molecule has 0 bridgehead atoms. The fourth-order valence-corrected chi connectivity index (χ4v) is 2.09. The van der Waals surface area contributed by atoms with E-state index in [1.54, 1.807) is 17.1 Å². The third kappa shape index (κ3) is 1.93. The highest BCUT2D eigenvalue weighted by Crippen LogP contribution is 2.25. The van der Waals surface area contributed by atoms with E-state index in [4.69, 9.17) is 0 Å². The summed E-state index contributed by atoms with van der Waals surface area (Å²) >= 11 is 0. The van der Waals surface area contributed by atoms with Crippen molar-refractivity contribution in [2.75, 3.05) is 0 Å². The van der Waals surface area contributed by atoms with Gasteiger partial charge in [-0.3, -0.25) is 4.98 Å². The summed E-state index contributed by atoms with van der Waals surface area (Å²) in [6.45, 7) is 2.00. The van der Waals surface area contributed by atoms with Crippen LogP contribution in [0, 0.1) is 18.3 Å². The van der Waals surface area contributed by atoms with Gasteiger partial charge >= 0.3 is 0 Å². The summed E-state index contributed by atoms with van der Waals surface area (Å²) in [6.07, 6.45) is 3.39. The second-order valence-electron chi connectivity index (χ2n) is 4.34. The van der Waals surface area contributed by atoms with Crippen LogP contribution in [0.15, 0.2) is 48.8 Å². The van der Waals surface area contributed by atoms with E-state index in [2.05, 4.69) is 21.4 Å². The molecule has 1 aromatic carbocycles. The maximum Gasteiger partial charge on any atom is 0.191 e. The lowest BCUT2D eigenvalue weighted by molar-refractivity contribution is 0.802. The molecule has 5 nitrogen and oxygen atoms in total. The molecule has 0 aliphatic rings. The van der Waals surface area contributed by atoms with E-state index in [1.165, 1.54) is 0 Å². The van der Waals surface area contributed by atoms with Gasteiger partial charge in [-0.25, -0.2) is 4.68 Å². The van der Waals surface area contributed by atoms with Gasteiger partial charge in [0, 0.05) is 18.0 Å². The van der Waals surface area contributed by atoms with Crippen molar-refractivity contribution < 1.29 is 0 Å². The molecule has 3 aromatic rings. The van der Waals surface area contributed by atoms with Crippen LogP contribution in [0.25, 0.3) is 16.9 Å². The molecule has 0 saturated carbocycles. The SMILES string of the molecule is Cc1ccccc1-n1nnc(C#N)c1-c1cccnc1. The highest BCUT2D eigenvalue weighted by atomic mass is 15.4. The van der Waals surface area contributed by atoms with E-state index < -0.39 is 0 Å². The topological polar surface area (TPSA) is 67.4 Å². The Kier molecular flexibility index (Phi) is 2.98. The molecule has 0 aliphatic carbocycles. The lowest BCUT2D eigenvalue weighted by Gasteiger charge is -2.08. The van der Waals surface area contributed by atoms with Crippen LogP contribution in [0.3, 0.4) is 0 Å². The Morgan fingerprint density at radius 2 is 2.00 bits per heavy atom. The van der Waals surface area contributed by atoms with Gasteiger partial charge < -0.3 is 0 Å². The van der Waals surface area contributed by atoms with E-state index in [9.17, 15) is 5.26 Å². The molecule has 3 rings (SSSR count). The Labute approximate surface area is 116 Å². The lowest BCUT2D eigenvalue weighted by Crippen LogP contribution is -2.02. The first-order valence-corrected chi connectivity index (χ1v) is 6.13. The van der Waals surface area contributed by atoms with Gasteiger partial charge in [-0.1, -0.05) is 23.4 Å². The van der Waals surface area contributed by atoms with E-state index in [0.717, 1.165) is 16.8 Å². The minimum Gasteiger partial charge on any atom is -0.264 e. The fourth-order valence-electron chi connectivity index (χ4n) is 2.09. The number of nitriles is 1. The number of hydrogen-bond donors (Lipinski definition) is 0. The molecule has 0 radical (unpaired) electrons. The monoisotopic (exact) mass is 261 g/mol.